The smallest absolute Gasteiger partial charge is 0.0456 e. The number of thioether (sulfide) groups is 4. The van der Waals surface area contributed by atoms with Crippen LogP contribution in [0.15, 0.2) is 0 Å². The predicted octanol–water partition coefficient (Wildman–Crippen LogP) is 3.69. The summed E-state index contributed by atoms with van der Waals surface area (Å²) in [5.41, 5.74) is 0. The molecule has 6 heteroatoms. The van der Waals surface area contributed by atoms with Gasteiger partial charge in [-0.25, -0.2) is 0 Å². The molecule has 3 fully saturated rings. The molecule has 2 unspecified atom stereocenters. The fraction of sp³-hybridized carbons (Fsp3) is 1.00. The Morgan fingerprint density at radius 3 is 1.25 bits per heavy atom. The maximum absolute atomic E-state index is 2.80. The van der Waals surface area contributed by atoms with Gasteiger partial charge in [-0.3, -0.25) is 9.80 Å². The normalized spacial score (nSPS) is 35.4. The summed E-state index contributed by atoms with van der Waals surface area (Å²) in [6, 6.07) is 1.64. The van der Waals surface area contributed by atoms with E-state index in [2.05, 4.69) is 56.8 Å². The lowest BCUT2D eigenvalue weighted by Gasteiger charge is -2.44. The summed E-state index contributed by atoms with van der Waals surface area (Å²) in [5, 5.41) is 0. The lowest BCUT2D eigenvalue weighted by atomic mass is 9.89. The van der Waals surface area contributed by atoms with E-state index in [4.69, 9.17) is 0 Å². The van der Waals surface area contributed by atoms with Gasteiger partial charge in [0.15, 0.2) is 0 Å². The van der Waals surface area contributed by atoms with Gasteiger partial charge in [0, 0.05) is 58.6 Å². The molecule has 116 valence electrons. The molecule has 0 aromatic carbocycles. The van der Waals surface area contributed by atoms with Gasteiger partial charge < -0.3 is 0 Å². The molecule has 0 radical (unpaired) electrons. The lowest BCUT2D eigenvalue weighted by Crippen LogP contribution is -2.52. The standard InChI is InChI=1S/C14H26N2S4/c1-2-4-14(16-11-19-7-8-20-12-16)13(3-1)15-9-17-5-6-18-10-15/h13-14H,1-12H2. The van der Waals surface area contributed by atoms with Crippen LogP contribution in [0.5, 0.6) is 0 Å². The lowest BCUT2D eigenvalue weighted by molar-refractivity contribution is 0.0945. The fourth-order valence-electron chi connectivity index (χ4n) is 3.36. The molecule has 0 N–H and O–H groups in total. The van der Waals surface area contributed by atoms with Crippen molar-refractivity contribution in [2.75, 3.05) is 46.5 Å². The molecule has 0 bridgehead atoms. The maximum atomic E-state index is 2.80. The van der Waals surface area contributed by atoms with Crippen LogP contribution in [0.25, 0.3) is 0 Å². The quantitative estimate of drug-likeness (QED) is 0.744. The van der Waals surface area contributed by atoms with E-state index in [9.17, 15) is 0 Å². The molecule has 0 aromatic heterocycles. The van der Waals surface area contributed by atoms with Crippen LogP contribution in [-0.2, 0) is 0 Å². The maximum Gasteiger partial charge on any atom is 0.0456 e. The van der Waals surface area contributed by atoms with Crippen molar-refractivity contribution in [3.05, 3.63) is 0 Å². The zero-order valence-electron chi connectivity index (χ0n) is 12.2. The van der Waals surface area contributed by atoms with Gasteiger partial charge in [-0.05, 0) is 12.8 Å². The van der Waals surface area contributed by atoms with E-state index in [1.165, 1.54) is 72.2 Å². The number of rotatable bonds is 2. The molecule has 2 atom stereocenters. The Labute approximate surface area is 140 Å². The van der Waals surface area contributed by atoms with Crippen LogP contribution in [0.4, 0.5) is 0 Å². The highest BCUT2D eigenvalue weighted by Crippen LogP contribution is 2.33. The van der Waals surface area contributed by atoms with Crippen LogP contribution >= 0.6 is 47.0 Å². The molecule has 2 aliphatic heterocycles. The van der Waals surface area contributed by atoms with Crippen LogP contribution in [0.1, 0.15) is 25.7 Å². The van der Waals surface area contributed by atoms with Crippen molar-refractivity contribution in [1.82, 2.24) is 9.80 Å². The summed E-state index contributed by atoms with van der Waals surface area (Å²) in [5.74, 6) is 10.4. The largest absolute Gasteiger partial charge is 0.280 e. The summed E-state index contributed by atoms with van der Waals surface area (Å²) in [4.78, 5) is 5.60. The van der Waals surface area contributed by atoms with Crippen molar-refractivity contribution in [2.45, 2.75) is 37.8 Å². The molecule has 1 aliphatic carbocycles. The molecule has 0 aromatic rings. The highest BCUT2D eigenvalue weighted by molar-refractivity contribution is 8.03. The second kappa shape index (κ2) is 8.82. The van der Waals surface area contributed by atoms with E-state index in [0.29, 0.717) is 0 Å². The molecule has 2 nitrogen and oxygen atoms in total. The van der Waals surface area contributed by atoms with E-state index in [1.807, 2.05) is 0 Å². The van der Waals surface area contributed by atoms with Crippen molar-refractivity contribution in [2.24, 2.45) is 0 Å². The van der Waals surface area contributed by atoms with Gasteiger partial charge >= 0.3 is 0 Å². The van der Waals surface area contributed by atoms with E-state index in [0.717, 1.165) is 12.1 Å². The third kappa shape index (κ3) is 4.42. The minimum absolute atomic E-state index is 0.821. The molecule has 20 heavy (non-hydrogen) atoms. The van der Waals surface area contributed by atoms with Crippen LogP contribution in [0.3, 0.4) is 0 Å². The van der Waals surface area contributed by atoms with Crippen LogP contribution in [0, 0.1) is 0 Å². The zero-order valence-corrected chi connectivity index (χ0v) is 15.4. The van der Waals surface area contributed by atoms with Crippen molar-refractivity contribution >= 4 is 47.0 Å². The van der Waals surface area contributed by atoms with Crippen molar-refractivity contribution in [1.29, 1.82) is 0 Å². The average Bonchev–Trinajstić information content (AvgIpc) is 2.92. The van der Waals surface area contributed by atoms with Gasteiger partial charge in [0.25, 0.3) is 0 Å². The molecule has 2 saturated heterocycles. The van der Waals surface area contributed by atoms with E-state index < -0.39 is 0 Å². The highest BCUT2D eigenvalue weighted by Gasteiger charge is 2.34. The number of nitrogens with zero attached hydrogens (tertiary/aromatic N) is 2. The topological polar surface area (TPSA) is 6.48 Å². The molecule has 2 heterocycles. The molecule has 0 spiro atoms. The van der Waals surface area contributed by atoms with Crippen molar-refractivity contribution in [3.63, 3.8) is 0 Å². The second-order valence-corrected chi connectivity index (χ2v) is 10.0. The van der Waals surface area contributed by atoms with Crippen molar-refractivity contribution in [3.8, 4) is 0 Å². The Balaban J connectivity index is 1.65. The SMILES string of the molecule is C1CCC(N2CSCCSC2)C(N2CSCCSC2)C1. The summed E-state index contributed by atoms with van der Waals surface area (Å²) >= 11 is 8.59. The van der Waals surface area contributed by atoms with Gasteiger partial charge in [-0.15, -0.1) is 47.0 Å². The fourth-order valence-corrected chi connectivity index (χ4v) is 8.07. The predicted molar refractivity (Wildman–Crippen MR) is 99.0 cm³/mol. The second-order valence-electron chi connectivity index (χ2n) is 5.75. The molecular formula is C14H26N2S4. The monoisotopic (exact) mass is 350 g/mol. The van der Waals surface area contributed by atoms with E-state index in [-0.39, 0.29) is 0 Å². The Hall–Kier alpha value is 1.32. The summed E-state index contributed by atoms with van der Waals surface area (Å²) in [6.45, 7) is 0. The van der Waals surface area contributed by atoms with Gasteiger partial charge in [0.1, 0.15) is 0 Å². The Kier molecular flexibility index (Phi) is 7.14. The molecule has 3 aliphatic rings. The minimum atomic E-state index is 0.821. The molecular weight excluding hydrogens is 324 g/mol. The molecule has 3 rings (SSSR count). The van der Waals surface area contributed by atoms with Crippen LogP contribution < -0.4 is 0 Å². The first-order valence-corrected chi connectivity index (χ1v) is 12.4. The summed E-state index contributed by atoms with van der Waals surface area (Å²) in [6.07, 6.45) is 5.75. The first-order valence-electron chi connectivity index (χ1n) is 7.74. The van der Waals surface area contributed by atoms with Gasteiger partial charge in [0.05, 0.1) is 0 Å². The Morgan fingerprint density at radius 2 is 0.900 bits per heavy atom. The Bertz CT molecular complexity index is 248. The van der Waals surface area contributed by atoms with Crippen LogP contribution in [0.2, 0.25) is 0 Å². The van der Waals surface area contributed by atoms with Gasteiger partial charge in [-0.2, -0.15) is 0 Å². The number of hydrogen-bond donors (Lipinski definition) is 0. The molecule has 0 amide bonds. The molecule has 1 saturated carbocycles. The van der Waals surface area contributed by atoms with E-state index >= 15 is 0 Å². The summed E-state index contributed by atoms with van der Waals surface area (Å²) in [7, 11) is 0. The van der Waals surface area contributed by atoms with Crippen molar-refractivity contribution < 1.29 is 0 Å². The first-order chi connectivity index (χ1) is 9.95. The van der Waals surface area contributed by atoms with Gasteiger partial charge in [-0.1, -0.05) is 12.8 Å². The zero-order chi connectivity index (χ0) is 13.6. The minimum Gasteiger partial charge on any atom is -0.280 e. The number of hydrogen-bond acceptors (Lipinski definition) is 6. The Morgan fingerprint density at radius 1 is 0.550 bits per heavy atom. The third-order valence-electron chi connectivity index (χ3n) is 4.40. The summed E-state index contributed by atoms with van der Waals surface area (Å²) < 4.78 is 0. The third-order valence-corrected chi connectivity index (χ3v) is 8.95. The average molecular weight is 351 g/mol. The highest BCUT2D eigenvalue weighted by atomic mass is 32.2. The van der Waals surface area contributed by atoms with Crippen LogP contribution in [-0.4, -0.2) is 68.4 Å². The first kappa shape index (κ1) is 16.2. The van der Waals surface area contributed by atoms with Gasteiger partial charge in [0.2, 0.25) is 0 Å². The van der Waals surface area contributed by atoms with E-state index in [1.54, 1.807) is 0 Å².